The number of carbonyl (C=O) groups is 1. The average Bonchev–Trinajstić information content (AvgIpc) is 2.47. The monoisotopic (exact) mass is 254 g/mol. The highest BCUT2D eigenvalue weighted by Crippen LogP contribution is 2.27. The summed E-state index contributed by atoms with van der Waals surface area (Å²) in [7, 11) is 0. The number of carbonyl (C=O) groups excluding carboxylic acids is 1. The number of rotatable bonds is 3. The zero-order valence-corrected chi connectivity index (χ0v) is 10.5. The van der Waals surface area contributed by atoms with Crippen molar-refractivity contribution in [2.75, 3.05) is 5.32 Å². The molecule has 0 atom stereocenters. The topological polar surface area (TPSA) is 61.7 Å². The Kier molecular flexibility index (Phi) is 3.93. The molecule has 0 unspecified atom stereocenters. The minimum absolute atomic E-state index is 0.0165. The highest BCUT2D eigenvalue weighted by molar-refractivity contribution is 6.42. The van der Waals surface area contributed by atoms with Crippen LogP contribution in [0.1, 0.15) is 6.92 Å². The molecule has 0 heterocycles. The third kappa shape index (κ3) is 2.98. The Morgan fingerprint density at radius 3 is 2.37 bits per heavy atom. The molecule has 2 N–H and O–H groups in total. The summed E-state index contributed by atoms with van der Waals surface area (Å²) in [5.41, 5.74) is 2.63. The van der Waals surface area contributed by atoms with Crippen molar-refractivity contribution in [3.63, 3.8) is 0 Å². The number of para-hydroxylation sites is 1. The molecule has 0 saturated carbocycles. The predicted molar refractivity (Wildman–Crippen MR) is 75.4 cm³/mol. The molecule has 2 aromatic rings. The summed E-state index contributed by atoms with van der Waals surface area (Å²) in [6, 6.07) is 17.2. The first-order valence-electron chi connectivity index (χ1n) is 5.87. The summed E-state index contributed by atoms with van der Waals surface area (Å²) in [4.78, 5) is 11.7. The fourth-order valence-corrected chi connectivity index (χ4v) is 1.72. The van der Waals surface area contributed by atoms with Gasteiger partial charge in [0.15, 0.2) is 0 Å². The van der Waals surface area contributed by atoms with Gasteiger partial charge < -0.3 is 10.5 Å². The molecule has 0 aliphatic heterocycles. The Morgan fingerprint density at radius 1 is 1.05 bits per heavy atom. The van der Waals surface area contributed by atoms with Crippen molar-refractivity contribution >= 4 is 17.3 Å². The largest absolute Gasteiger partial charge is 0.410 e. The van der Waals surface area contributed by atoms with Crippen LogP contribution < -0.4 is 5.32 Å². The Labute approximate surface area is 111 Å². The quantitative estimate of drug-likeness (QED) is 0.502. The van der Waals surface area contributed by atoms with Crippen LogP contribution in [0.25, 0.3) is 11.1 Å². The van der Waals surface area contributed by atoms with Crippen molar-refractivity contribution < 1.29 is 10.0 Å². The summed E-state index contributed by atoms with van der Waals surface area (Å²) >= 11 is 0. The molecule has 19 heavy (non-hydrogen) atoms. The van der Waals surface area contributed by atoms with Crippen molar-refractivity contribution in [1.82, 2.24) is 0 Å². The van der Waals surface area contributed by atoms with E-state index in [4.69, 9.17) is 5.21 Å². The smallest absolute Gasteiger partial charge is 0.273 e. The Balaban J connectivity index is 2.35. The van der Waals surface area contributed by atoms with Crippen molar-refractivity contribution in [1.29, 1.82) is 0 Å². The fraction of sp³-hybridized carbons (Fsp3) is 0.0667. The molecule has 0 aliphatic rings. The van der Waals surface area contributed by atoms with Gasteiger partial charge in [-0.15, -0.1) is 0 Å². The van der Waals surface area contributed by atoms with E-state index >= 15 is 0 Å². The predicted octanol–water partition coefficient (Wildman–Crippen LogP) is 3.14. The van der Waals surface area contributed by atoms with E-state index in [1.807, 2.05) is 54.6 Å². The van der Waals surface area contributed by atoms with E-state index in [9.17, 15) is 4.79 Å². The van der Waals surface area contributed by atoms with E-state index in [1.165, 1.54) is 6.92 Å². The molecule has 2 rings (SSSR count). The van der Waals surface area contributed by atoms with Gasteiger partial charge in [0.1, 0.15) is 5.71 Å². The van der Waals surface area contributed by atoms with E-state index in [1.54, 1.807) is 0 Å². The van der Waals surface area contributed by atoms with E-state index in [0.717, 1.165) is 11.1 Å². The number of hydrogen-bond donors (Lipinski definition) is 2. The lowest BCUT2D eigenvalue weighted by Crippen LogP contribution is -2.20. The lowest BCUT2D eigenvalue weighted by Gasteiger charge is -2.10. The van der Waals surface area contributed by atoms with Crippen LogP contribution in [-0.4, -0.2) is 16.8 Å². The SMILES string of the molecule is C/C(=N\O)C(=O)Nc1ccccc1-c1ccccc1. The Bertz CT molecular complexity index is 607. The van der Waals surface area contributed by atoms with Crippen LogP contribution in [0.4, 0.5) is 5.69 Å². The highest BCUT2D eigenvalue weighted by atomic mass is 16.4. The first kappa shape index (κ1) is 12.8. The third-order valence-electron chi connectivity index (χ3n) is 2.74. The van der Waals surface area contributed by atoms with Crippen LogP contribution in [0.5, 0.6) is 0 Å². The molecule has 0 fully saturated rings. The van der Waals surface area contributed by atoms with Gasteiger partial charge in [-0.3, -0.25) is 4.79 Å². The van der Waals surface area contributed by atoms with Gasteiger partial charge in [0.25, 0.3) is 5.91 Å². The number of nitrogens with zero attached hydrogens (tertiary/aromatic N) is 1. The molecule has 2 aromatic carbocycles. The van der Waals surface area contributed by atoms with Crippen LogP contribution in [0.3, 0.4) is 0 Å². The molecule has 0 radical (unpaired) electrons. The second-order valence-corrected chi connectivity index (χ2v) is 4.05. The average molecular weight is 254 g/mol. The lowest BCUT2D eigenvalue weighted by molar-refractivity contribution is -0.110. The van der Waals surface area contributed by atoms with E-state index in [2.05, 4.69) is 10.5 Å². The third-order valence-corrected chi connectivity index (χ3v) is 2.74. The van der Waals surface area contributed by atoms with Gasteiger partial charge in [-0.05, 0) is 18.6 Å². The van der Waals surface area contributed by atoms with Crippen molar-refractivity contribution in [2.24, 2.45) is 5.16 Å². The van der Waals surface area contributed by atoms with Crippen LogP contribution in [0, 0.1) is 0 Å². The molecule has 0 aliphatic carbocycles. The van der Waals surface area contributed by atoms with Gasteiger partial charge in [0, 0.05) is 11.3 Å². The number of anilines is 1. The molecule has 0 aromatic heterocycles. The van der Waals surface area contributed by atoms with Crippen LogP contribution in [0.2, 0.25) is 0 Å². The van der Waals surface area contributed by atoms with Crippen molar-refractivity contribution in [3.05, 3.63) is 54.6 Å². The zero-order valence-electron chi connectivity index (χ0n) is 10.5. The molecular weight excluding hydrogens is 240 g/mol. The number of hydrogen-bond acceptors (Lipinski definition) is 3. The standard InChI is InChI=1S/C15H14N2O2/c1-11(17-19)15(18)16-14-10-6-5-9-13(14)12-7-3-2-4-8-12/h2-10,19H,1H3,(H,16,18)/b17-11+. The normalized spacial score (nSPS) is 11.1. The van der Waals surface area contributed by atoms with Crippen LogP contribution in [0.15, 0.2) is 59.8 Å². The molecule has 0 saturated heterocycles. The van der Waals surface area contributed by atoms with Gasteiger partial charge in [-0.25, -0.2) is 0 Å². The van der Waals surface area contributed by atoms with E-state index < -0.39 is 5.91 Å². The van der Waals surface area contributed by atoms with Gasteiger partial charge in [-0.1, -0.05) is 53.7 Å². The highest BCUT2D eigenvalue weighted by Gasteiger charge is 2.10. The first-order valence-corrected chi connectivity index (χ1v) is 5.87. The number of amides is 1. The van der Waals surface area contributed by atoms with Gasteiger partial charge >= 0.3 is 0 Å². The summed E-state index contributed by atoms with van der Waals surface area (Å²) in [6.45, 7) is 1.44. The van der Waals surface area contributed by atoms with E-state index in [-0.39, 0.29) is 5.71 Å². The maximum Gasteiger partial charge on any atom is 0.273 e. The molecular formula is C15H14N2O2. The van der Waals surface area contributed by atoms with Crippen LogP contribution in [-0.2, 0) is 4.79 Å². The number of oxime groups is 1. The minimum Gasteiger partial charge on any atom is -0.410 e. The summed E-state index contributed by atoms with van der Waals surface area (Å²) in [6.07, 6.45) is 0. The maximum absolute atomic E-state index is 11.7. The lowest BCUT2D eigenvalue weighted by atomic mass is 10.0. The second-order valence-electron chi connectivity index (χ2n) is 4.05. The maximum atomic E-state index is 11.7. The number of nitrogens with one attached hydrogen (secondary N) is 1. The van der Waals surface area contributed by atoms with Crippen molar-refractivity contribution in [2.45, 2.75) is 6.92 Å². The van der Waals surface area contributed by atoms with Crippen molar-refractivity contribution in [3.8, 4) is 11.1 Å². The summed E-state index contributed by atoms with van der Waals surface area (Å²) < 4.78 is 0. The fourth-order valence-electron chi connectivity index (χ4n) is 1.72. The molecule has 1 amide bonds. The molecule has 0 bridgehead atoms. The van der Waals surface area contributed by atoms with Gasteiger partial charge in [0.05, 0.1) is 0 Å². The molecule has 0 spiro atoms. The summed E-state index contributed by atoms with van der Waals surface area (Å²) in [5.74, 6) is -0.425. The zero-order chi connectivity index (χ0) is 13.7. The Hall–Kier alpha value is -2.62. The minimum atomic E-state index is -0.425. The first-order chi connectivity index (χ1) is 9.22. The molecule has 4 nitrogen and oxygen atoms in total. The van der Waals surface area contributed by atoms with Crippen LogP contribution >= 0.6 is 0 Å². The van der Waals surface area contributed by atoms with Gasteiger partial charge in [-0.2, -0.15) is 0 Å². The number of benzene rings is 2. The summed E-state index contributed by atoms with van der Waals surface area (Å²) in [5, 5.41) is 14.2. The second kappa shape index (κ2) is 5.82. The van der Waals surface area contributed by atoms with Gasteiger partial charge in [0.2, 0.25) is 0 Å². The molecule has 96 valence electrons. The van der Waals surface area contributed by atoms with E-state index in [0.29, 0.717) is 5.69 Å². The molecule has 4 heteroatoms. The Morgan fingerprint density at radius 2 is 1.68 bits per heavy atom.